The fourth-order valence-corrected chi connectivity index (χ4v) is 8.26. The first-order valence-electron chi connectivity index (χ1n) is 25.5. The summed E-state index contributed by atoms with van der Waals surface area (Å²) in [7, 11) is 0. The first kappa shape index (κ1) is 55.7. The molecule has 11 heteroatoms. The third-order valence-electron chi connectivity index (χ3n) is 12.3. The molecule has 3 rings (SSSR count). The molecular formula is C54H85NO10. The maximum Gasteiger partial charge on any atom is 0.338 e. The molecule has 0 radical (unpaired) electrons. The average molecular weight is 908 g/mol. The Bertz CT molecular complexity index is 1540. The summed E-state index contributed by atoms with van der Waals surface area (Å²) in [6, 6.07) is 15.9. The molecule has 11 nitrogen and oxygen atoms in total. The lowest BCUT2D eigenvalue weighted by atomic mass is 9.99. The van der Waals surface area contributed by atoms with Crippen LogP contribution in [0.3, 0.4) is 0 Å². The van der Waals surface area contributed by atoms with Crippen molar-refractivity contribution in [2.75, 3.05) is 13.2 Å². The van der Waals surface area contributed by atoms with Crippen molar-refractivity contribution >= 4 is 17.8 Å². The van der Waals surface area contributed by atoms with Gasteiger partial charge < -0.3 is 39.6 Å². The van der Waals surface area contributed by atoms with Crippen LogP contribution in [0.25, 0.3) is 0 Å². The van der Waals surface area contributed by atoms with E-state index in [0.717, 1.165) is 44.9 Å². The topological polar surface area (TPSA) is 161 Å². The highest BCUT2D eigenvalue weighted by molar-refractivity contribution is 5.90. The standard InChI is InChI=1S/C54H85NO10/c1-3-5-7-9-11-13-15-17-19-21-23-25-33-39-46(63-52(60)43-35-29-27-30-36-43)45(55-48(57)40-34-26-24-22-20-18-16-14-12-10-8-6-4-2)42-62-54-51(50(59)49(58)47(41-56)64-54)65-53(61)44-37-31-28-32-38-44/h27-33,35-39,45-47,49-51,54,56,58-59H,3-26,34,40-42H2,1-2H3,(H,55,57)/b39-33+/t45-,46+,47+,49-,50-,51+,54-/m0/s1. The van der Waals surface area contributed by atoms with Crippen molar-refractivity contribution in [3.05, 3.63) is 83.9 Å². The average Bonchev–Trinajstić information content (AvgIpc) is 3.32. The number of hydrogen-bond donors (Lipinski definition) is 4. The number of benzene rings is 2. The molecule has 1 fully saturated rings. The SMILES string of the molecule is CCCCCCCCCCCCC/C=C/[C@@H](OC(=O)c1ccccc1)[C@H](CO[C@H]1O[C@H](CO)[C@H](O)[C@H](O)[C@H]1OC(=O)c1ccccc1)NC(=O)CCCCCCCCCCCCCCC. The molecule has 0 bridgehead atoms. The highest BCUT2D eigenvalue weighted by Gasteiger charge is 2.47. The Kier molecular flexibility index (Phi) is 30.5. The van der Waals surface area contributed by atoms with Gasteiger partial charge in [0.2, 0.25) is 5.91 Å². The normalized spacial score (nSPS) is 19.5. The number of aliphatic hydroxyl groups excluding tert-OH is 3. The number of amides is 1. The molecule has 1 amide bonds. The minimum Gasteiger partial charge on any atom is -0.452 e. The summed E-state index contributed by atoms with van der Waals surface area (Å²) in [5.41, 5.74) is 0.562. The summed E-state index contributed by atoms with van der Waals surface area (Å²) in [5, 5.41) is 35.0. The summed E-state index contributed by atoms with van der Waals surface area (Å²) >= 11 is 0. The largest absolute Gasteiger partial charge is 0.452 e. The van der Waals surface area contributed by atoms with E-state index in [2.05, 4.69) is 19.2 Å². The molecule has 65 heavy (non-hydrogen) atoms. The zero-order valence-electron chi connectivity index (χ0n) is 40.0. The van der Waals surface area contributed by atoms with Gasteiger partial charge in [-0.05, 0) is 49.6 Å². The molecule has 1 heterocycles. The fraction of sp³-hybridized carbons (Fsp3) is 0.685. The number of nitrogens with one attached hydrogen (secondary N) is 1. The molecule has 7 atom stereocenters. The minimum atomic E-state index is -1.67. The van der Waals surface area contributed by atoms with Crippen molar-refractivity contribution in [1.29, 1.82) is 0 Å². The van der Waals surface area contributed by atoms with Crippen LogP contribution in [0.15, 0.2) is 72.8 Å². The number of unbranched alkanes of at least 4 members (excludes halogenated alkanes) is 23. The summed E-state index contributed by atoms with van der Waals surface area (Å²) in [6.07, 6.45) is 25.4. The number of carbonyl (C=O) groups is 3. The van der Waals surface area contributed by atoms with Gasteiger partial charge in [0.15, 0.2) is 12.4 Å². The maximum atomic E-state index is 13.7. The van der Waals surface area contributed by atoms with E-state index in [1.807, 2.05) is 12.1 Å². The lowest BCUT2D eigenvalue weighted by Gasteiger charge is -2.41. The van der Waals surface area contributed by atoms with Crippen LogP contribution in [0.5, 0.6) is 0 Å². The molecule has 0 unspecified atom stereocenters. The van der Waals surface area contributed by atoms with Gasteiger partial charge >= 0.3 is 11.9 Å². The predicted molar refractivity (Wildman–Crippen MR) is 257 cm³/mol. The molecule has 2 aromatic carbocycles. The Morgan fingerprint density at radius 1 is 0.631 bits per heavy atom. The van der Waals surface area contributed by atoms with Gasteiger partial charge in [-0.3, -0.25) is 4.79 Å². The van der Waals surface area contributed by atoms with Crippen LogP contribution >= 0.6 is 0 Å². The minimum absolute atomic E-state index is 0.214. The maximum absolute atomic E-state index is 13.7. The Balaban J connectivity index is 1.70. The second-order valence-electron chi connectivity index (χ2n) is 17.9. The Morgan fingerprint density at radius 3 is 1.58 bits per heavy atom. The van der Waals surface area contributed by atoms with Crippen LogP contribution in [0, 0.1) is 0 Å². The van der Waals surface area contributed by atoms with Crippen molar-refractivity contribution in [3.63, 3.8) is 0 Å². The molecule has 1 saturated heterocycles. The van der Waals surface area contributed by atoms with E-state index in [-0.39, 0.29) is 24.5 Å². The molecule has 0 spiro atoms. The van der Waals surface area contributed by atoms with E-state index in [4.69, 9.17) is 18.9 Å². The van der Waals surface area contributed by atoms with E-state index < -0.39 is 61.4 Å². The van der Waals surface area contributed by atoms with Crippen molar-refractivity contribution in [2.45, 2.75) is 224 Å². The lowest BCUT2D eigenvalue weighted by Crippen LogP contribution is -2.61. The Morgan fingerprint density at radius 2 is 1.09 bits per heavy atom. The molecule has 4 N–H and O–H groups in total. The lowest BCUT2D eigenvalue weighted by molar-refractivity contribution is -0.301. The van der Waals surface area contributed by atoms with Gasteiger partial charge in [-0.15, -0.1) is 0 Å². The predicted octanol–water partition coefficient (Wildman–Crippen LogP) is 11.1. The summed E-state index contributed by atoms with van der Waals surface area (Å²) < 4.78 is 23.9. The first-order chi connectivity index (χ1) is 31.8. The zero-order chi connectivity index (χ0) is 46.7. The van der Waals surface area contributed by atoms with Crippen LogP contribution < -0.4 is 5.32 Å². The summed E-state index contributed by atoms with van der Waals surface area (Å²) in [6.45, 7) is 3.56. The van der Waals surface area contributed by atoms with E-state index in [1.54, 1.807) is 60.7 Å². The van der Waals surface area contributed by atoms with Crippen LogP contribution in [-0.2, 0) is 23.7 Å². The number of ether oxygens (including phenoxy) is 4. The molecular weight excluding hydrogens is 823 g/mol. The van der Waals surface area contributed by atoms with Crippen LogP contribution in [0.1, 0.15) is 202 Å². The Hall–Kier alpha value is -3.61. The Labute approximate surface area is 391 Å². The number of allylic oxidation sites excluding steroid dienone is 1. The summed E-state index contributed by atoms with van der Waals surface area (Å²) in [5.74, 6) is -1.58. The monoisotopic (exact) mass is 908 g/mol. The quantitative estimate of drug-likeness (QED) is 0.0292. The number of hydrogen-bond acceptors (Lipinski definition) is 10. The number of aliphatic hydroxyl groups is 3. The van der Waals surface area contributed by atoms with Gasteiger partial charge in [0, 0.05) is 6.42 Å². The zero-order valence-corrected chi connectivity index (χ0v) is 40.0. The number of rotatable bonds is 37. The second-order valence-corrected chi connectivity index (χ2v) is 17.9. The van der Waals surface area contributed by atoms with Crippen molar-refractivity contribution in [3.8, 4) is 0 Å². The van der Waals surface area contributed by atoms with Crippen LogP contribution in [0.2, 0.25) is 0 Å². The third-order valence-corrected chi connectivity index (χ3v) is 12.3. The van der Waals surface area contributed by atoms with Crippen molar-refractivity contribution in [1.82, 2.24) is 5.32 Å². The van der Waals surface area contributed by atoms with Gasteiger partial charge in [-0.25, -0.2) is 9.59 Å². The van der Waals surface area contributed by atoms with E-state index in [9.17, 15) is 29.7 Å². The van der Waals surface area contributed by atoms with E-state index >= 15 is 0 Å². The van der Waals surface area contributed by atoms with Gasteiger partial charge in [0.1, 0.15) is 24.4 Å². The van der Waals surface area contributed by atoms with Crippen molar-refractivity contribution in [2.24, 2.45) is 0 Å². The van der Waals surface area contributed by atoms with E-state index in [0.29, 0.717) is 12.0 Å². The molecule has 366 valence electrons. The van der Waals surface area contributed by atoms with Gasteiger partial charge in [-0.2, -0.15) is 0 Å². The number of esters is 2. The first-order valence-corrected chi connectivity index (χ1v) is 25.5. The second kappa shape index (κ2) is 35.6. The third kappa shape index (κ3) is 23.6. The summed E-state index contributed by atoms with van der Waals surface area (Å²) in [4.78, 5) is 40.4. The van der Waals surface area contributed by atoms with Gasteiger partial charge in [0.05, 0.1) is 30.4 Å². The van der Waals surface area contributed by atoms with Gasteiger partial charge in [0.25, 0.3) is 0 Å². The van der Waals surface area contributed by atoms with Gasteiger partial charge in [-0.1, -0.05) is 198 Å². The fourth-order valence-electron chi connectivity index (χ4n) is 8.26. The molecule has 0 aromatic heterocycles. The smallest absolute Gasteiger partial charge is 0.338 e. The van der Waals surface area contributed by atoms with Crippen LogP contribution in [-0.4, -0.2) is 89.2 Å². The molecule has 1 aliphatic rings. The van der Waals surface area contributed by atoms with Crippen LogP contribution in [0.4, 0.5) is 0 Å². The molecule has 1 aliphatic heterocycles. The molecule has 2 aromatic rings. The highest BCUT2D eigenvalue weighted by atomic mass is 16.7. The van der Waals surface area contributed by atoms with E-state index in [1.165, 1.54) is 109 Å². The highest BCUT2D eigenvalue weighted by Crippen LogP contribution is 2.26. The molecule has 0 saturated carbocycles. The molecule has 0 aliphatic carbocycles. The number of carbonyl (C=O) groups excluding carboxylic acids is 3. The van der Waals surface area contributed by atoms with Crippen molar-refractivity contribution < 1.29 is 48.7 Å².